The zero-order valence-corrected chi connectivity index (χ0v) is 16.7. The molecule has 2 fully saturated rings. The molecule has 1 aromatic carbocycles. The molecule has 2 heterocycles. The summed E-state index contributed by atoms with van der Waals surface area (Å²) in [5.74, 6) is 0.318. The van der Waals surface area contributed by atoms with Gasteiger partial charge >= 0.3 is 0 Å². The quantitative estimate of drug-likeness (QED) is 0.785. The minimum atomic E-state index is -2.98. The van der Waals surface area contributed by atoms with E-state index in [9.17, 15) is 13.2 Å². The van der Waals surface area contributed by atoms with E-state index in [0.29, 0.717) is 6.42 Å². The van der Waals surface area contributed by atoms with Crippen molar-refractivity contribution in [1.82, 2.24) is 9.80 Å². The molecule has 0 radical (unpaired) electrons. The van der Waals surface area contributed by atoms with Gasteiger partial charge in [0.1, 0.15) is 0 Å². The van der Waals surface area contributed by atoms with Gasteiger partial charge in [-0.05, 0) is 38.0 Å². The maximum atomic E-state index is 12.8. The first-order chi connectivity index (χ1) is 12.3. The lowest BCUT2D eigenvalue weighted by atomic mass is 10.1. The minimum absolute atomic E-state index is 0.0242. The van der Waals surface area contributed by atoms with Crippen molar-refractivity contribution in [3.63, 3.8) is 0 Å². The number of amides is 1. The maximum Gasteiger partial charge on any atom is 0.239 e. The van der Waals surface area contributed by atoms with Gasteiger partial charge in [0.2, 0.25) is 5.91 Å². The van der Waals surface area contributed by atoms with Crippen molar-refractivity contribution in [3.05, 3.63) is 29.8 Å². The first kappa shape index (κ1) is 19.2. The lowest BCUT2D eigenvalue weighted by molar-refractivity contribution is -0.136. The van der Waals surface area contributed by atoms with Gasteiger partial charge in [-0.1, -0.05) is 12.1 Å². The second-order valence-electron chi connectivity index (χ2n) is 7.54. The van der Waals surface area contributed by atoms with E-state index < -0.39 is 9.84 Å². The molecule has 6 nitrogen and oxygen atoms in total. The van der Waals surface area contributed by atoms with Crippen molar-refractivity contribution in [3.8, 4) is 0 Å². The summed E-state index contributed by atoms with van der Waals surface area (Å²) in [6.45, 7) is 7.48. The highest BCUT2D eigenvalue weighted by Gasteiger charge is 2.35. The average molecular weight is 380 g/mol. The van der Waals surface area contributed by atoms with Crippen LogP contribution in [-0.2, 0) is 14.6 Å². The van der Waals surface area contributed by atoms with Crippen LogP contribution in [0, 0.1) is 6.92 Å². The van der Waals surface area contributed by atoms with E-state index in [2.05, 4.69) is 41.0 Å². The van der Waals surface area contributed by atoms with Crippen molar-refractivity contribution >= 4 is 21.4 Å². The summed E-state index contributed by atoms with van der Waals surface area (Å²) in [6.07, 6.45) is 0.554. The monoisotopic (exact) mass is 379 g/mol. The molecule has 0 aromatic heterocycles. The Hall–Kier alpha value is -1.60. The third-order valence-corrected chi connectivity index (χ3v) is 7.44. The molecule has 26 heavy (non-hydrogen) atoms. The fraction of sp³-hybridized carbons (Fsp3) is 0.632. The largest absolute Gasteiger partial charge is 0.369 e. The van der Waals surface area contributed by atoms with Crippen LogP contribution in [0.4, 0.5) is 5.69 Å². The molecule has 2 saturated heterocycles. The van der Waals surface area contributed by atoms with E-state index in [-0.39, 0.29) is 29.5 Å². The number of benzene rings is 1. The molecule has 0 spiro atoms. The van der Waals surface area contributed by atoms with Gasteiger partial charge in [0.05, 0.1) is 17.5 Å². The van der Waals surface area contributed by atoms with Gasteiger partial charge in [-0.3, -0.25) is 9.69 Å². The van der Waals surface area contributed by atoms with Gasteiger partial charge in [0, 0.05) is 45.0 Å². The van der Waals surface area contributed by atoms with E-state index in [0.717, 1.165) is 26.2 Å². The normalized spacial score (nSPS) is 24.4. The third-order valence-electron chi connectivity index (χ3n) is 5.69. The molecule has 1 amide bonds. The number of piperazine rings is 1. The van der Waals surface area contributed by atoms with Crippen LogP contribution in [0.25, 0.3) is 0 Å². The highest BCUT2D eigenvalue weighted by Crippen LogP contribution is 2.21. The summed E-state index contributed by atoms with van der Waals surface area (Å²) in [7, 11) is -1.24. The Morgan fingerprint density at radius 3 is 2.50 bits per heavy atom. The van der Waals surface area contributed by atoms with Crippen LogP contribution in [0.5, 0.6) is 0 Å². The summed E-state index contributed by atoms with van der Waals surface area (Å²) >= 11 is 0. The fourth-order valence-corrected chi connectivity index (χ4v) is 5.68. The molecule has 0 bridgehead atoms. The Kier molecular flexibility index (Phi) is 5.58. The number of carbonyl (C=O) groups excluding carboxylic acids is 1. The van der Waals surface area contributed by atoms with Crippen molar-refractivity contribution in [2.75, 3.05) is 49.6 Å². The summed E-state index contributed by atoms with van der Waals surface area (Å²) in [5.41, 5.74) is 2.48. The van der Waals surface area contributed by atoms with Crippen LogP contribution >= 0.6 is 0 Å². The highest BCUT2D eigenvalue weighted by atomic mass is 32.2. The van der Waals surface area contributed by atoms with Gasteiger partial charge in [0.15, 0.2) is 9.84 Å². The Balaban J connectivity index is 1.56. The molecular weight excluding hydrogens is 350 g/mol. The molecule has 144 valence electrons. The SMILES string of the molecule is Cc1cccc(N2CCN(C(C)C(=O)N(C)C3CCS(=O)(=O)C3)CC2)c1. The Bertz CT molecular complexity index is 757. The average Bonchev–Trinajstić information content (AvgIpc) is 3.00. The van der Waals surface area contributed by atoms with E-state index in [1.165, 1.54) is 11.3 Å². The standard InChI is InChI=1S/C19H29N3O3S/c1-15-5-4-6-17(13-15)22-10-8-21(9-11-22)16(2)19(23)20(3)18-7-12-26(24,25)14-18/h4-6,13,16,18H,7-12,14H2,1-3H3. The summed E-state index contributed by atoms with van der Waals surface area (Å²) in [5, 5.41) is 0. The molecular formula is C19H29N3O3S. The molecule has 7 heteroatoms. The molecule has 2 atom stereocenters. The number of likely N-dealkylation sites (N-methyl/N-ethyl adjacent to an activating group) is 1. The second kappa shape index (κ2) is 7.56. The Labute approximate surface area is 156 Å². The first-order valence-electron chi connectivity index (χ1n) is 9.29. The highest BCUT2D eigenvalue weighted by molar-refractivity contribution is 7.91. The molecule has 0 saturated carbocycles. The third kappa shape index (κ3) is 4.20. The van der Waals surface area contributed by atoms with E-state index >= 15 is 0 Å². The van der Waals surface area contributed by atoms with Crippen molar-refractivity contribution < 1.29 is 13.2 Å². The fourth-order valence-electron chi connectivity index (χ4n) is 3.90. The summed E-state index contributed by atoms with van der Waals surface area (Å²) < 4.78 is 23.4. The van der Waals surface area contributed by atoms with Crippen LogP contribution in [0.15, 0.2) is 24.3 Å². The summed E-state index contributed by atoms with van der Waals surface area (Å²) in [4.78, 5) is 19.0. The van der Waals surface area contributed by atoms with E-state index in [4.69, 9.17) is 0 Å². The molecule has 2 aliphatic rings. The zero-order chi connectivity index (χ0) is 18.9. The number of carbonyl (C=O) groups is 1. The first-order valence-corrected chi connectivity index (χ1v) is 11.1. The van der Waals surface area contributed by atoms with Crippen LogP contribution < -0.4 is 4.90 Å². The van der Waals surface area contributed by atoms with Gasteiger partial charge < -0.3 is 9.80 Å². The number of aryl methyl sites for hydroxylation is 1. The number of hydrogen-bond acceptors (Lipinski definition) is 5. The van der Waals surface area contributed by atoms with E-state index in [1.807, 2.05) is 6.92 Å². The van der Waals surface area contributed by atoms with Gasteiger partial charge in [0.25, 0.3) is 0 Å². The number of anilines is 1. The van der Waals surface area contributed by atoms with Crippen molar-refractivity contribution in [2.24, 2.45) is 0 Å². The van der Waals surface area contributed by atoms with Crippen LogP contribution in [0.3, 0.4) is 0 Å². The van der Waals surface area contributed by atoms with Crippen LogP contribution in [-0.4, -0.2) is 80.9 Å². The predicted molar refractivity (Wildman–Crippen MR) is 104 cm³/mol. The zero-order valence-electron chi connectivity index (χ0n) is 15.9. The predicted octanol–water partition coefficient (Wildman–Crippen LogP) is 1.15. The van der Waals surface area contributed by atoms with Crippen LogP contribution in [0.2, 0.25) is 0 Å². The van der Waals surface area contributed by atoms with Gasteiger partial charge in [-0.2, -0.15) is 0 Å². The van der Waals surface area contributed by atoms with Gasteiger partial charge in [-0.25, -0.2) is 8.42 Å². The number of sulfone groups is 1. The maximum absolute atomic E-state index is 12.8. The van der Waals surface area contributed by atoms with Crippen LogP contribution in [0.1, 0.15) is 18.9 Å². The number of hydrogen-bond donors (Lipinski definition) is 0. The van der Waals surface area contributed by atoms with Crippen molar-refractivity contribution in [1.29, 1.82) is 0 Å². The molecule has 3 rings (SSSR count). The lowest BCUT2D eigenvalue weighted by Crippen LogP contribution is -2.55. The lowest BCUT2D eigenvalue weighted by Gasteiger charge is -2.40. The number of nitrogens with zero attached hydrogens (tertiary/aromatic N) is 3. The molecule has 2 unspecified atom stereocenters. The Morgan fingerprint density at radius 2 is 1.92 bits per heavy atom. The smallest absolute Gasteiger partial charge is 0.239 e. The second-order valence-corrected chi connectivity index (χ2v) is 9.77. The molecule has 0 N–H and O–H groups in total. The summed E-state index contributed by atoms with van der Waals surface area (Å²) in [6, 6.07) is 8.10. The topological polar surface area (TPSA) is 60.9 Å². The molecule has 2 aliphatic heterocycles. The molecule has 1 aromatic rings. The number of rotatable bonds is 4. The molecule has 0 aliphatic carbocycles. The van der Waals surface area contributed by atoms with Gasteiger partial charge in [-0.15, -0.1) is 0 Å². The van der Waals surface area contributed by atoms with Crippen molar-refractivity contribution in [2.45, 2.75) is 32.4 Å². The Morgan fingerprint density at radius 1 is 1.23 bits per heavy atom. The van der Waals surface area contributed by atoms with E-state index in [1.54, 1.807) is 11.9 Å². The minimum Gasteiger partial charge on any atom is -0.369 e.